The van der Waals surface area contributed by atoms with Crippen molar-refractivity contribution in [2.75, 3.05) is 0 Å². The van der Waals surface area contributed by atoms with E-state index in [-0.39, 0.29) is 12.6 Å². The van der Waals surface area contributed by atoms with Crippen molar-refractivity contribution in [3.63, 3.8) is 0 Å². The molecule has 0 radical (unpaired) electrons. The van der Waals surface area contributed by atoms with E-state index in [1.165, 1.54) is 0 Å². The summed E-state index contributed by atoms with van der Waals surface area (Å²) in [7, 11) is 0. The van der Waals surface area contributed by atoms with Gasteiger partial charge in [-0.2, -0.15) is 0 Å². The van der Waals surface area contributed by atoms with Gasteiger partial charge >= 0.3 is 0 Å². The van der Waals surface area contributed by atoms with Gasteiger partial charge in [-0.15, -0.1) is 0 Å². The molecule has 0 aromatic rings. The quantitative estimate of drug-likeness (QED) is 0.575. The molecule has 0 amide bonds. The van der Waals surface area contributed by atoms with Gasteiger partial charge in [-0.05, 0) is 25.7 Å². The molecule has 112 valence electrons. The zero-order valence-electron chi connectivity index (χ0n) is 11.7. The van der Waals surface area contributed by atoms with E-state index in [1.54, 1.807) is 25.0 Å². The molecule has 0 aromatic heterocycles. The summed E-state index contributed by atoms with van der Waals surface area (Å²) in [5.41, 5.74) is 0. The minimum absolute atomic E-state index is 0.148. The SMILES string of the molecule is O=C(CCCCC1OC=CO1)CCCCC1OC=CO1. The van der Waals surface area contributed by atoms with Gasteiger partial charge in [0.25, 0.3) is 0 Å². The fourth-order valence-corrected chi connectivity index (χ4v) is 2.21. The molecule has 0 bridgehead atoms. The van der Waals surface area contributed by atoms with E-state index in [0.29, 0.717) is 18.6 Å². The van der Waals surface area contributed by atoms with Gasteiger partial charge in [0, 0.05) is 25.7 Å². The second-order valence-electron chi connectivity index (χ2n) is 4.98. The standard InChI is InChI=1S/C15H22O5/c16-13(5-1-3-7-14-17-9-10-18-14)6-2-4-8-15-19-11-12-20-15/h9-12,14-15H,1-8H2. The molecular formula is C15H22O5. The Morgan fingerprint density at radius 3 is 1.50 bits per heavy atom. The highest BCUT2D eigenvalue weighted by Crippen LogP contribution is 2.16. The predicted molar refractivity (Wildman–Crippen MR) is 72.1 cm³/mol. The van der Waals surface area contributed by atoms with Crippen molar-refractivity contribution in [3.8, 4) is 0 Å². The molecule has 0 atom stereocenters. The fourth-order valence-electron chi connectivity index (χ4n) is 2.21. The molecule has 0 unspecified atom stereocenters. The Balaban J connectivity index is 1.38. The van der Waals surface area contributed by atoms with Gasteiger partial charge in [-0.25, -0.2) is 0 Å². The Morgan fingerprint density at radius 2 is 1.10 bits per heavy atom. The molecule has 0 aliphatic carbocycles. The number of hydrogen-bond acceptors (Lipinski definition) is 5. The van der Waals surface area contributed by atoms with Gasteiger partial charge in [-0.1, -0.05) is 0 Å². The van der Waals surface area contributed by atoms with E-state index in [0.717, 1.165) is 38.5 Å². The van der Waals surface area contributed by atoms with Gasteiger partial charge in [0.05, 0.1) is 0 Å². The number of ether oxygens (including phenoxy) is 4. The highest BCUT2D eigenvalue weighted by Gasteiger charge is 2.13. The summed E-state index contributed by atoms with van der Waals surface area (Å²) < 4.78 is 20.7. The molecule has 0 aromatic carbocycles. The molecule has 2 rings (SSSR count). The Hall–Kier alpha value is -1.65. The molecule has 0 N–H and O–H groups in total. The summed E-state index contributed by atoms with van der Waals surface area (Å²) in [5, 5.41) is 0. The Bertz CT molecular complexity index is 302. The van der Waals surface area contributed by atoms with Crippen LogP contribution in [0, 0.1) is 0 Å². The van der Waals surface area contributed by atoms with E-state index in [9.17, 15) is 4.79 Å². The average molecular weight is 282 g/mol. The average Bonchev–Trinajstić information content (AvgIpc) is 3.13. The maximum atomic E-state index is 11.7. The van der Waals surface area contributed by atoms with Crippen molar-refractivity contribution in [2.45, 2.75) is 63.9 Å². The highest BCUT2D eigenvalue weighted by atomic mass is 16.7. The topological polar surface area (TPSA) is 54.0 Å². The molecule has 0 saturated heterocycles. The first-order valence-corrected chi connectivity index (χ1v) is 7.28. The van der Waals surface area contributed by atoms with Gasteiger partial charge in [0.2, 0.25) is 12.6 Å². The zero-order valence-corrected chi connectivity index (χ0v) is 11.7. The van der Waals surface area contributed by atoms with Crippen LogP contribution in [0.2, 0.25) is 0 Å². The van der Waals surface area contributed by atoms with Crippen LogP contribution in [0.5, 0.6) is 0 Å². The summed E-state index contributed by atoms with van der Waals surface area (Å²) in [5.74, 6) is 0.336. The fraction of sp³-hybridized carbons (Fsp3) is 0.667. The second-order valence-corrected chi connectivity index (χ2v) is 4.98. The number of carbonyl (C=O) groups excluding carboxylic acids is 1. The molecule has 5 nitrogen and oxygen atoms in total. The molecule has 2 aliphatic rings. The first-order chi connectivity index (χ1) is 9.84. The van der Waals surface area contributed by atoms with Crippen molar-refractivity contribution in [1.29, 1.82) is 0 Å². The van der Waals surface area contributed by atoms with E-state index in [4.69, 9.17) is 18.9 Å². The van der Waals surface area contributed by atoms with Crippen LogP contribution in [0.1, 0.15) is 51.4 Å². The molecular weight excluding hydrogens is 260 g/mol. The minimum Gasteiger partial charge on any atom is -0.459 e. The molecule has 0 fully saturated rings. The Labute approximate surface area is 119 Å². The van der Waals surface area contributed by atoms with Gasteiger partial charge in [0.1, 0.15) is 30.8 Å². The Kier molecular flexibility index (Phi) is 6.27. The van der Waals surface area contributed by atoms with Crippen LogP contribution >= 0.6 is 0 Å². The lowest BCUT2D eigenvalue weighted by atomic mass is 10.1. The smallest absolute Gasteiger partial charge is 0.239 e. The molecule has 0 spiro atoms. The molecule has 5 heteroatoms. The lowest BCUT2D eigenvalue weighted by Crippen LogP contribution is -2.08. The van der Waals surface area contributed by atoms with Crippen molar-refractivity contribution in [3.05, 3.63) is 25.0 Å². The van der Waals surface area contributed by atoms with E-state index < -0.39 is 0 Å². The van der Waals surface area contributed by atoms with Crippen molar-refractivity contribution < 1.29 is 23.7 Å². The maximum absolute atomic E-state index is 11.7. The van der Waals surface area contributed by atoms with Crippen molar-refractivity contribution in [1.82, 2.24) is 0 Å². The van der Waals surface area contributed by atoms with Crippen LogP contribution in [0.4, 0.5) is 0 Å². The van der Waals surface area contributed by atoms with Crippen molar-refractivity contribution >= 4 is 5.78 Å². The van der Waals surface area contributed by atoms with Crippen LogP contribution in [-0.4, -0.2) is 18.4 Å². The van der Waals surface area contributed by atoms with Crippen LogP contribution in [0.15, 0.2) is 25.0 Å². The number of Topliss-reactive ketones (excluding diaryl/α,β-unsaturated/α-hetero) is 1. The van der Waals surface area contributed by atoms with E-state index in [2.05, 4.69) is 0 Å². The molecule has 20 heavy (non-hydrogen) atoms. The monoisotopic (exact) mass is 282 g/mol. The lowest BCUT2D eigenvalue weighted by molar-refractivity contribution is -0.119. The summed E-state index contributed by atoms with van der Waals surface area (Å²) in [6.45, 7) is 0. The van der Waals surface area contributed by atoms with E-state index in [1.807, 2.05) is 0 Å². The minimum atomic E-state index is -0.148. The van der Waals surface area contributed by atoms with E-state index >= 15 is 0 Å². The number of hydrogen-bond donors (Lipinski definition) is 0. The van der Waals surface area contributed by atoms with Crippen LogP contribution < -0.4 is 0 Å². The summed E-state index contributed by atoms with van der Waals surface area (Å²) in [6.07, 6.45) is 12.6. The van der Waals surface area contributed by atoms with Crippen LogP contribution in [0.3, 0.4) is 0 Å². The zero-order chi connectivity index (χ0) is 14.0. The third kappa shape index (κ3) is 5.55. The summed E-state index contributed by atoms with van der Waals surface area (Å²) in [6, 6.07) is 0. The highest BCUT2D eigenvalue weighted by molar-refractivity contribution is 5.78. The number of unbranched alkanes of at least 4 members (excludes halogenated alkanes) is 2. The second kappa shape index (κ2) is 8.51. The van der Waals surface area contributed by atoms with Gasteiger partial charge < -0.3 is 18.9 Å². The van der Waals surface area contributed by atoms with Crippen LogP contribution in [0.25, 0.3) is 0 Å². The summed E-state index contributed by atoms with van der Waals surface area (Å²) in [4.78, 5) is 11.7. The third-order valence-electron chi connectivity index (χ3n) is 3.32. The van der Waals surface area contributed by atoms with Gasteiger partial charge in [-0.3, -0.25) is 4.79 Å². The Morgan fingerprint density at radius 1 is 0.700 bits per heavy atom. The summed E-state index contributed by atoms with van der Waals surface area (Å²) >= 11 is 0. The molecule has 2 aliphatic heterocycles. The molecule has 2 heterocycles. The van der Waals surface area contributed by atoms with Crippen molar-refractivity contribution in [2.24, 2.45) is 0 Å². The number of rotatable bonds is 10. The largest absolute Gasteiger partial charge is 0.459 e. The number of carbonyl (C=O) groups is 1. The van der Waals surface area contributed by atoms with Crippen LogP contribution in [-0.2, 0) is 23.7 Å². The normalized spacial score (nSPS) is 17.6. The third-order valence-corrected chi connectivity index (χ3v) is 3.32. The first kappa shape index (κ1) is 14.8. The van der Waals surface area contributed by atoms with Gasteiger partial charge in [0.15, 0.2) is 0 Å². The predicted octanol–water partition coefficient (Wildman–Crippen LogP) is 3.36. The number of ketones is 1. The lowest BCUT2D eigenvalue weighted by Gasteiger charge is -2.10. The first-order valence-electron chi connectivity index (χ1n) is 7.28. The molecule has 0 saturated carbocycles. The maximum Gasteiger partial charge on any atom is 0.239 e.